The van der Waals surface area contributed by atoms with E-state index in [2.05, 4.69) is 32.3 Å². The molecule has 1 aliphatic heterocycles. The van der Waals surface area contributed by atoms with E-state index in [1.54, 1.807) is 18.2 Å². The first-order valence-electron chi connectivity index (χ1n) is 10.9. The normalized spacial score (nSPS) is 12.8. The number of nitrogens with zero attached hydrogens (tertiary/aromatic N) is 2. The Labute approximate surface area is 215 Å². The largest absolute Gasteiger partial charge is 0.493 e. The fraction of sp³-hybridized carbons (Fsp3) is 0.200. The summed E-state index contributed by atoms with van der Waals surface area (Å²) in [5, 5.41) is 3.54. The van der Waals surface area contributed by atoms with Gasteiger partial charge >= 0.3 is 10.1 Å². The van der Waals surface area contributed by atoms with Crippen LogP contribution in [-0.2, 0) is 23.2 Å². The van der Waals surface area contributed by atoms with Gasteiger partial charge in [0.05, 0.1) is 12.7 Å². The highest BCUT2D eigenvalue weighted by molar-refractivity contribution is 7.87. The number of hydrogen-bond donors (Lipinski definition) is 2. The predicted octanol–water partition coefficient (Wildman–Crippen LogP) is 3.73. The number of fused-ring (bicyclic) bond motifs is 2. The van der Waals surface area contributed by atoms with Crippen molar-refractivity contribution in [3.8, 4) is 22.8 Å². The molecule has 5 rings (SSSR count). The van der Waals surface area contributed by atoms with E-state index < -0.39 is 10.1 Å². The third-order valence-electron chi connectivity index (χ3n) is 5.78. The Bertz CT molecular complexity index is 1550. The van der Waals surface area contributed by atoms with Gasteiger partial charge in [-0.1, -0.05) is 12.1 Å². The maximum Gasteiger partial charge on any atom is 0.357 e. The zero-order valence-electron chi connectivity index (χ0n) is 19.9. The third-order valence-corrected chi connectivity index (χ3v) is 6.92. The van der Waals surface area contributed by atoms with Crippen molar-refractivity contribution in [2.24, 2.45) is 0 Å². The first kappa shape index (κ1) is 25.5. The van der Waals surface area contributed by atoms with Crippen molar-refractivity contribution >= 4 is 39.3 Å². The molecule has 0 unspecified atom stereocenters. The molecule has 0 bridgehead atoms. The minimum atomic E-state index is -4.24. The summed E-state index contributed by atoms with van der Waals surface area (Å²) in [6.45, 7) is 0.914. The van der Waals surface area contributed by atoms with E-state index in [1.165, 1.54) is 19.4 Å². The molecule has 0 atom stereocenters. The van der Waals surface area contributed by atoms with E-state index in [-0.39, 0.29) is 41.4 Å². The summed E-state index contributed by atoms with van der Waals surface area (Å²) in [5.41, 5.74) is 4.16. The molecular formula is C25H25ClN4O5S. The number of methoxy groups -OCH3 is 1. The Morgan fingerprint density at radius 3 is 2.61 bits per heavy atom. The van der Waals surface area contributed by atoms with Crippen molar-refractivity contribution in [3.63, 3.8) is 0 Å². The summed E-state index contributed by atoms with van der Waals surface area (Å²) < 4.78 is 36.8. The van der Waals surface area contributed by atoms with Crippen LogP contribution in [0.2, 0.25) is 0 Å². The number of hydrogen-bond acceptors (Lipinski definition) is 7. The number of ether oxygens (including phenoxy) is 1. The fourth-order valence-corrected chi connectivity index (χ4v) is 5.19. The first-order chi connectivity index (χ1) is 16.8. The van der Waals surface area contributed by atoms with E-state index >= 15 is 0 Å². The van der Waals surface area contributed by atoms with Crippen molar-refractivity contribution in [3.05, 3.63) is 71.4 Å². The Morgan fingerprint density at radius 1 is 1.11 bits per heavy atom. The fourth-order valence-electron chi connectivity index (χ4n) is 4.27. The maximum absolute atomic E-state index is 12.9. The monoisotopic (exact) mass is 528 g/mol. The number of aromatic nitrogens is 2. The van der Waals surface area contributed by atoms with Gasteiger partial charge in [-0.25, -0.2) is 4.98 Å². The minimum absolute atomic E-state index is 0. The minimum Gasteiger partial charge on any atom is -0.493 e. The van der Waals surface area contributed by atoms with Gasteiger partial charge in [0.15, 0.2) is 16.5 Å². The van der Waals surface area contributed by atoms with Gasteiger partial charge in [0.25, 0.3) is 5.91 Å². The molecule has 0 fully saturated rings. The van der Waals surface area contributed by atoms with E-state index in [0.717, 1.165) is 23.0 Å². The smallest absolute Gasteiger partial charge is 0.357 e. The Balaban J connectivity index is 0.00000304. The van der Waals surface area contributed by atoms with Crippen molar-refractivity contribution in [2.75, 3.05) is 21.2 Å². The molecule has 9 nitrogen and oxygen atoms in total. The summed E-state index contributed by atoms with van der Waals surface area (Å²) >= 11 is 0. The summed E-state index contributed by atoms with van der Waals surface area (Å²) in [4.78, 5) is 22.2. The quantitative estimate of drug-likeness (QED) is 0.351. The topological polar surface area (TPSA) is 114 Å². The van der Waals surface area contributed by atoms with Crippen LogP contribution < -0.4 is 14.2 Å². The second-order valence-electron chi connectivity index (χ2n) is 8.54. The van der Waals surface area contributed by atoms with Crippen molar-refractivity contribution < 1.29 is 22.1 Å². The Morgan fingerprint density at radius 2 is 1.92 bits per heavy atom. The standard InChI is InChI=1S/C25H24N4O5S.ClH/c1-29(2)14-15-7-8-19-16(10-15)11-20(28-19)17-12-21(33-3)24(18-13-27-25(30)23(17)18)34-35(31,32)22-6-4-5-9-26-22;/h4-12,28H,13-14H2,1-3H3,(H,27,30);1H. The SMILES string of the molecule is COc1cc(-c2cc3cc(CN(C)C)ccc3[nH]2)c2c(c1OS(=O)(=O)c1ccccn1)CNC2=O.Cl. The highest BCUT2D eigenvalue weighted by Crippen LogP contribution is 2.43. The maximum atomic E-state index is 12.9. The highest BCUT2D eigenvalue weighted by atomic mass is 35.5. The van der Waals surface area contributed by atoms with Gasteiger partial charge in [-0.15, -0.1) is 12.4 Å². The van der Waals surface area contributed by atoms with E-state index in [1.807, 2.05) is 26.2 Å². The number of nitrogens with one attached hydrogen (secondary N) is 2. The van der Waals surface area contributed by atoms with Crippen LogP contribution in [0.1, 0.15) is 21.5 Å². The molecule has 1 aliphatic rings. The first-order valence-corrected chi connectivity index (χ1v) is 12.3. The van der Waals surface area contributed by atoms with Crippen LogP contribution in [0, 0.1) is 0 Å². The van der Waals surface area contributed by atoms with E-state index in [4.69, 9.17) is 8.92 Å². The molecule has 11 heteroatoms. The van der Waals surface area contributed by atoms with Crippen molar-refractivity contribution in [1.29, 1.82) is 0 Å². The lowest BCUT2D eigenvalue weighted by Crippen LogP contribution is -2.13. The van der Waals surface area contributed by atoms with Crippen molar-refractivity contribution in [2.45, 2.75) is 18.1 Å². The lowest BCUT2D eigenvalue weighted by atomic mass is 9.98. The van der Waals surface area contributed by atoms with Crippen LogP contribution in [-0.4, -0.2) is 50.4 Å². The number of pyridine rings is 1. The number of carbonyl (C=O) groups excluding carboxylic acids is 1. The van der Waals surface area contributed by atoms with Gasteiger partial charge in [-0.05, 0) is 56.1 Å². The summed E-state index contributed by atoms with van der Waals surface area (Å²) in [5.74, 6) is -0.147. The molecule has 0 saturated heterocycles. The number of benzene rings is 2. The summed E-state index contributed by atoms with van der Waals surface area (Å²) in [6, 6.07) is 14.3. The van der Waals surface area contributed by atoms with Gasteiger partial charge in [0.1, 0.15) is 0 Å². The number of rotatable bonds is 7. The van der Waals surface area contributed by atoms with Gasteiger partial charge in [0, 0.05) is 47.0 Å². The van der Waals surface area contributed by atoms with Crippen LogP contribution in [0.4, 0.5) is 0 Å². The second kappa shape index (κ2) is 9.81. The molecule has 0 saturated carbocycles. The Hall–Kier alpha value is -3.60. The van der Waals surface area contributed by atoms with Gasteiger partial charge in [-0.2, -0.15) is 8.42 Å². The van der Waals surface area contributed by atoms with Crippen molar-refractivity contribution in [1.82, 2.24) is 20.2 Å². The second-order valence-corrected chi connectivity index (χ2v) is 10.0. The third kappa shape index (κ3) is 4.62. The number of aromatic amines is 1. The summed E-state index contributed by atoms with van der Waals surface area (Å²) in [6.07, 6.45) is 1.37. The lowest BCUT2D eigenvalue weighted by Gasteiger charge is -2.16. The molecule has 2 N–H and O–H groups in total. The van der Waals surface area contributed by atoms with Crippen LogP contribution in [0.5, 0.6) is 11.5 Å². The average molecular weight is 529 g/mol. The zero-order chi connectivity index (χ0) is 24.7. The molecule has 0 radical (unpaired) electrons. The van der Waals surface area contributed by atoms with Crippen LogP contribution in [0.3, 0.4) is 0 Å². The molecular weight excluding hydrogens is 504 g/mol. The van der Waals surface area contributed by atoms with E-state index in [0.29, 0.717) is 22.4 Å². The molecule has 3 heterocycles. The number of carbonyl (C=O) groups is 1. The van der Waals surface area contributed by atoms with E-state index in [9.17, 15) is 13.2 Å². The average Bonchev–Trinajstić information content (AvgIpc) is 3.43. The lowest BCUT2D eigenvalue weighted by molar-refractivity contribution is 0.0966. The van der Waals surface area contributed by atoms with Crippen LogP contribution >= 0.6 is 12.4 Å². The number of H-pyrrole nitrogens is 1. The molecule has 36 heavy (non-hydrogen) atoms. The molecule has 2 aromatic carbocycles. The molecule has 0 spiro atoms. The van der Waals surface area contributed by atoms with Gasteiger partial charge < -0.3 is 24.1 Å². The number of amides is 1. The molecule has 2 aromatic heterocycles. The molecule has 4 aromatic rings. The molecule has 1 amide bonds. The van der Waals surface area contributed by atoms with Crippen LogP contribution in [0.15, 0.2) is 59.8 Å². The predicted molar refractivity (Wildman–Crippen MR) is 138 cm³/mol. The Kier molecular flexibility index (Phi) is 6.94. The van der Waals surface area contributed by atoms with Crippen LogP contribution in [0.25, 0.3) is 22.2 Å². The summed E-state index contributed by atoms with van der Waals surface area (Å²) in [7, 11) is 1.21. The molecule has 0 aliphatic carbocycles. The number of halogens is 1. The van der Waals surface area contributed by atoms with Gasteiger partial charge in [0.2, 0.25) is 0 Å². The zero-order valence-corrected chi connectivity index (χ0v) is 21.5. The molecule has 188 valence electrons. The highest BCUT2D eigenvalue weighted by Gasteiger charge is 2.33. The van der Waals surface area contributed by atoms with Gasteiger partial charge in [-0.3, -0.25) is 4.79 Å².